The van der Waals surface area contributed by atoms with E-state index in [0.29, 0.717) is 19.4 Å². The van der Waals surface area contributed by atoms with Gasteiger partial charge in [-0.05, 0) is 48.1 Å². The summed E-state index contributed by atoms with van der Waals surface area (Å²) in [5.41, 5.74) is 3.96. The molecule has 0 bridgehead atoms. The van der Waals surface area contributed by atoms with E-state index in [1.807, 2.05) is 36.4 Å². The van der Waals surface area contributed by atoms with E-state index < -0.39 is 0 Å². The van der Waals surface area contributed by atoms with Gasteiger partial charge in [0.05, 0.1) is 36.4 Å². The number of hydrogen-bond acceptors (Lipinski definition) is 4. The number of carbonyl (C=O) groups excluding carboxylic acids is 1. The molecular formula is C22H23N3O3. The number of fused-ring (bicyclic) bond motifs is 2. The summed E-state index contributed by atoms with van der Waals surface area (Å²) in [5, 5.41) is 21.2. The number of para-hydroxylation sites is 1. The normalized spacial score (nSPS) is 21.6. The van der Waals surface area contributed by atoms with Gasteiger partial charge in [-0.3, -0.25) is 9.89 Å². The molecule has 6 nitrogen and oxygen atoms in total. The molecule has 1 atom stereocenters. The minimum Gasteiger partial charge on any atom is -0.493 e. The van der Waals surface area contributed by atoms with Crippen LogP contribution in [-0.2, 0) is 17.6 Å². The Labute approximate surface area is 162 Å². The van der Waals surface area contributed by atoms with Crippen molar-refractivity contribution in [2.24, 2.45) is 5.92 Å². The van der Waals surface area contributed by atoms with Crippen LogP contribution in [0.5, 0.6) is 5.75 Å². The molecule has 144 valence electrons. The van der Waals surface area contributed by atoms with E-state index in [9.17, 15) is 9.90 Å². The van der Waals surface area contributed by atoms with Gasteiger partial charge in [0.25, 0.3) is 0 Å². The highest BCUT2D eigenvalue weighted by molar-refractivity contribution is 5.87. The molecule has 1 aromatic heterocycles. The Morgan fingerprint density at radius 2 is 2.14 bits per heavy atom. The molecule has 1 aliphatic heterocycles. The second-order valence-electron chi connectivity index (χ2n) is 7.79. The zero-order valence-electron chi connectivity index (χ0n) is 15.5. The monoisotopic (exact) mass is 377 g/mol. The van der Waals surface area contributed by atoms with E-state index >= 15 is 0 Å². The molecule has 2 heterocycles. The average Bonchev–Trinajstić information content (AvgIpc) is 3.30. The molecular weight excluding hydrogens is 354 g/mol. The van der Waals surface area contributed by atoms with Gasteiger partial charge in [-0.25, -0.2) is 0 Å². The van der Waals surface area contributed by atoms with Crippen LogP contribution in [0.3, 0.4) is 0 Å². The summed E-state index contributed by atoms with van der Waals surface area (Å²) in [4.78, 5) is 12.9. The van der Waals surface area contributed by atoms with E-state index in [0.717, 1.165) is 34.3 Å². The maximum absolute atomic E-state index is 12.9. The van der Waals surface area contributed by atoms with Crippen LogP contribution in [0.4, 0.5) is 0 Å². The second kappa shape index (κ2) is 6.95. The SMILES string of the molecule is O=C(Cc1[nH]nc2ccccc12)N[C@H](c1ccc2c(c1)CCO2)C1CC(O)C1. The number of hydrogen-bond donors (Lipinski definition) is 3. The van der Waals surface area contributed by atoms with Crippen molar-refractivity contribution in [1.29, 1.82) is 0 Å². The smallest absolute Gasteiger partial charge is 0.226 e. The number of aliphatic hydroxyl groups excluding tert-OH is 1. The van der Waals surface area contributed by atoms with Gasteiger partial charge in [0.15, 0.2) is 0 Å². The highest BCUT2D eigenvalue weighted by atomic mass is 16.5. The van der Waals surface area contributed by atoms with Crippen molar-refractivity contribution in [3.05, 3.63) is 59.3 Å². The van der Waals surface area contributed by atoms with E-state index in [4.69, 9.17) is 4.74 Å². The number of carbonyl (C=O) groups is 1. The second-order valence-corrected chi connectivity index (χ2v) is 7.79. The van der Waals surface area contributed by atoms with Crippen molar-refractivity contribution in [3.63, 3.8) is 0 Å². The maximum Gasteiger partial charge on any atom is 0.226 e. The van der Waals surface area contributed by atoms with Crippen LogP contribution < -0.4 is 10.1 Å². The molecule has 28 heavy (non-hydrogen) atoms. The van der Waals surface area contributed by atoms with Crippen LogP contribution in [0.2, 0.25) is 0 Å². The Hall–Kier alpha value is -2.86. The van der Waals surface area contributed by atoms with Gasteiger partial charge in [-0.15, -0.1) is 0 Å². The van der Waals surface area contributed by atoms with Gasteiger partial charge in [0, 0.05) is 11.8 Å². The van der Waals surface area contributed by atoms with Crippen molar-refractivity contribution in [3.8, 4) is 5.75 Å². The van der Waals surface area contributed by atoms with Crippen molar-refractivity contribution < 1.29 is 14.6 Å². The summed E-state index contributed by atoms with van der Waals surface area (Å²) in [6, 6.07) is 13.9. The summed E-state index contributed by atoms with van der Waals surface area (Å²) in [6.45, 7) is 0.713. The van der Waals surface area contributed by atoms with Crippen LogP contribution in [0.25, 0.3) is 10.9 Å². The Morgan fingerprint density at radius 3 is 3.00 bits per heavy atom. The first-order chi connectivity index (χ1) is 13.7. The number of nitrogens with zero attached hydrogens (tertiary/aromatic N) is 1. The molecule has 0 spiro atoms. The van der Waals surface area contributed by atoms with Crippen molar-refractivity contribution >= 4 is 16.8 Å². The first kappa shape index (κ1) is 17.3. The molecule has 1 amide bonds. The summed E-state index contributed by atoms with van der Waals surface area (Å²) in [6.07, 6.45) is 2.31. The number of ether oxygens (including phenoxy) is 1. The Balaban J connectivity index is 1.36. The van der Waals surface area contributed by atoms with E-state index in [-0.39, 0.29) is 30.4 Å². The molecule has 1 aliphatic carbocycles. The lowest BCUT2D eigenvalue weighted by Gasteiger charge is -2.38. The lowest BCUT2D eigenvalue weighted by atomic mass is 9.74. The molecule has 6 heteroatoms. The fourth-order valence-electron chi connectivity index (χ4n) is 4.31. The lowest BCUT2D eigenvalue weighted by Crippen LogP contribution is -2.42. The number of nitrogens with one attached hydrogen (secondary N) is 2. The molecule has 0 unspecified atom stereocenters. The van der Waals surface area contributed by atoms with Gasteiger partial charge in [0.2, 0.25) is 5.91 Å². The van der Waals surface area contributed by atoms with Crippen molar-refractivity contribution in [2.45, 2.75) is 37.8 Å². The molecule has 3 N–H and O–H groups in total. The van der Waals surface area contributed by atoms with E-state index in [1.54, 1.807) is 0 Å². The Kier molecular flexibility index (Phi) is 4.28. The highest BCUT2D eigenvalue weighted by Gasteiger charge is 2.36. The first-order valence-corrected chi connectivity index (χ1v) is 9.82. The summed E-state index contributed by atoms with van der Waals surface area (Å²) >= 11 is 0. The number of H-pyrrole nitrogens is 1. The maximum atomic E-state index is 12.9. The Morgan fingerprint density at radius 1 is 1.29 bits per heavy atom. The van der Waals surface area contributed by atoms with Crippen LogP contribution in [0.15, 0.2) is 42.5 Å². The molecule has 2 aromatic carbocycles. The van der Waals surface area contributed by atoms with Crippen LogP contribution in [0.1, 0.15) is 35.7 Å². The largest absolute Gasteiger partial charge is 0.493 e. The zero-order valence-corrected chi connectivity index (χ0v) is 15.5. The quantitative estimate of drug-likeness (QED) is 0.638. The summed E-state index contributed by atoms with van der Waals surface area (Å²) in [7, 11) is 0. The minimum atomic E-state index is -0.265. The highest BCUT2D eigenvalue weighted by Crippen LogP contribution is 2.39. The number of rotatable bonds is 5. The number of amides is 1. The minimum absolute atomic E-state index is 0.0439. The fraction of sp³-hybridized carbons (Fsp3) is 0.364. The van der Waals surface area contributed by atoms with Gasteiger partial charge in [-0.1, -0.05) is 24.3 Å². The third-order valence-electron chi connectivity index (χ3n) is 5.89. The van der Waals surface area contributed by atoms with Crippen molar-refractivity contribution in [2.75, 3.05) is 6.61 Å². The Bertz CT molecular complexity index is 1020. The van der Waals surface area contributed by atoms with Crippen LogP contribution in [-0.4, -0.2) is 33.9 Å². The predicted molar refractivity (Wildman–Crippen MR) is 105 cm³/mol. The van der Waals surface area contributed by atoms with Crippen LogP contribution in [0, 0.1) is 5.92 Å². The molecule has 1 saturated carbocycles. The summed E-state index contributed by atoms with van der Waals surface area (Å²) < 4.78 is 5.60. The molecule has 5 rings (SSSR count). The van der Waals surface area contributed by atoms with Gasteiger partial charge < -0.3 is 15.2 Å². The third-order valence-corrected chi connectivity index (χ3v) is 5.89. The number of aromatic nitrogens is 2. The number of benzene rings is 2. The topological polar surface area (TPSA) is 87.2 Å². The third kappa shape index (κ3) is 3.14. The van der Waals surface area contributed by atoms with E-state index in [1.165, 1.54) is 5.56 Å². The molecule has 1 fully saturated rings. The van der Waals surface area contributed by atoms with Crippen molar-refractivity contribution in [1.82, 2.24) is 15.5 Å². The average molecular weight is 377 g/mol. The molecule has 2 aliphatic rings. The zero-order chi connectivity index (χ0) is 19.1. The number of aliphatic hydroxyl groups is 1. The first-order valence-electron chi connectivity index (χ1n) is 9.82. The lowest BCUT2D eigenvalue weighted by molar-refractivity contribution is -0.122. The standard InChI is InChI=1S/C22H23N3O3/c26-16-10-15(11-16)22(14-5-6-20-13(9-14)7-8-28-20)23-21(27)12-19-17-3-1-2-4-18(17)24-25-19/h1-6,9,15-16,22,26H,7-8,10-12H2,(H,23,27)(H,24,25)/t15?,16?,22-/m1/s1. The molecule has 3 aromatic rings. The fourth-order valence-corrected chi connectivity index (χ4v) is 4.31. The number of aromatic amines is 1. The van der Waals surface area contributed by atoms with Gasteiger partial charge in [-0.2, -0.15) is 5.10 Å². The summed E-state index contributed by atoms with van der Waals surface area (Å²) in [5.74, 6) is 1.14. The predicted octanol–water partition coefficient (Wildman–Crippen LogP) is 2.67. The molecule has 0 saturated heterocycles. The van der Waals surface area contributed by atoms with E-state index in [2.05, 4.69) is 21.6 Å². The van der Waals surface area contributed by atoms with Gasteiger partial charge in [0.1, 0.15) is 5.75 Å². The molecule has 0 radical (unpaired) electrons. The van der Waals surface area contributed by atoms with Gasteiger partial charge >= 0.3 is 0 Å². The van der Waals surface area contributed by atoms with Crippen LogP contribution >= 0.6 is 0 Å².